The van der Waals surface area contributed by atoms with Crippen molar-refractivity contribution in [1.29, 1.82) is 0 Å². The molecule has 0 N–H and O–H groups in total. The fourth-order valence-electron chi connectivity index (χ4n) is 7.67. The van der Waals surface area contributed by atoms with E-state index < -0.39 is 25.1 Å². The molecule has 0 fully saturated rings. The number of imidazole rings is 1. The predicted molar refractivity (Wildman–Crippen MR) is 245 cm³/mol. The monoisotopic (exact) mass is 1020 g/mol. The van der Waals surface area contributed by atoms with Gasteiger partial charge in [-0.3, -0.25) is 4.98 Å². The summed E-state index contributed by atoms with van der Waals surface area (Å²) in [6, 6.07) is 47.7. The first-order chi connectivity index (χ1) is 28.5. The average molecular weight is 1010 g/mol. The minimum absolute atomic E-state index is 0. The molecule has 0 saturated heterocycles. The quantitative estimate of drug-likeness (QED) is 0.123. The third-order valence-electron chi connectivity index (χ3n) is 10.3. The topological polar surface area (TPSA) is 56.7 Å². The van der Waals surface area contributed by atoms with Gasteiger partial charge in [0.1, 0.15) is 0 Å². The minimum Gasteiger partial charge on any atom is 0 e. The van der Waals surface area contributed by atoms with E-state index in [4.69, 9.17) is 12.1 Å². The Hall–Kier alpha value is -5.14. The van der Waals surface area contributed by atoms with E-state index in [1.165, 1.54) is 22.3 Å². The number of aromatic nitrogens is 4. The first kappa shape index (κ1) is 39.3. The zero-order valence-corrected chi connectivity index (χ0v) is 39.6. The van der Waals surface area contributed by atoms with Gasteiger partial charge < -0.3 is 8.98 Å². The second-order valence-corrected chi connectivity index (χ2v) is 27.7. The molecule has 0 spiro atoms. The van der Waals surface area contributed by atoms with Crippen LogP contribution in [0.4, 0.5) is 0 Å². The molecule has 5 nitrogen and oxygen atoms in total. The van der Waals surface area contributed by atoms with Crippen LogP contribution in [0.5, 0.6) is 0 Å². The molecule has 0 bridgehead atoms. The van der Waals surface area contributed by atoms with E-state index in [1.54, 1.807) is 0 Å². The summed E-state index contributed by atoms with van der Waals surface area (Å²) in [5.41, 5.74) is 13.0. The number of hydrogen-bond donors (Lipinski definition) is 0. The van der Waals surface area contributed by atoms with Gasteiger partial charge in [-0.15, -0.1) is 18.2 Å². The van der Waals surface area contributed by atoms with E-state index >= 15 is 0 Å². The number of para-hydroxylation sites is 2. The fraction of sp³-hybridized carbons (Fsp3) is 0.212. The number of benzene rings is 5. The van der Waals surface area contributed by atoms with Crippen LogP contribution < -0.4 is 4.40 Å². The molecule has 4 aromatic heterocycles. The molecule has 0 amide bonds. The van der Waals surface area contributed by atoms with Crippen molar-refractivity contribution in [2.24, 2.45) is 5.41 Å². The van der Waals surface area contributed by atoms with Gasteiger partial charge in [0.05, 0.1) is 22.4 Å². The Morgan fingerprint density at radius 2 is 1.46 bits per heavy atom. The summed E-state index contributed by atoms with van der Waals surface area (Å²) in [5.74, 6) is 7.66. The van der Waals surface area contributed by atoms with Gasteiger partial charge in [-0.2, -0.15) is 0 Å². The van der Waals surface area contributed by atoms with Crippen molar-refractivity contribution in [3.63, 3.8) is 0 Å². The Bertz CT molecular complexity index is 3000. The van der Waals surface area contributed by atoms with E-state index in [1.807, 2.05) is 94.6 Å². The number of furan rings is 1. The van der Waals surface area contributed by atoms with Crippen LogP contribution in [0.1, 0.15) is 45.9 Å². The SMILES string of the molecule is Cc1ccc2c(n1)oc1c(-c3nc4ccccc4n3-c3c(C)cc(-c4ccccc4)cc3C)[c-]ccc12.[2H]C([2H])(c1cc(-c2[c-]cccc2)nc[c]1[Ge]([CH3])([CH3])[CH3])C(C)(C)C.[Ir]. The molecule has 4 heterocycles. The Balaban J connectivity index is 0.000000203. The first-order valence-corrected chi connectivity index (χ1v) is 27.2. The fourth-order valence-corrected chi connectivity index (χ4v) is 10.6. The van der Waals surface area contributed by atoms with E-state index in [-0.39, 0.29) is 20.1 Å². The van der Waals surface area contributed by atoms with Crippen molar-refractivity contribution in [3.8, 4) is 39.5 Å². The van der Waals surface area contributed by atoms with Crippen LogP contribution >= 0.6 is 0 Å². The number of hydrogen-bond acceptors (Lipinski definition) is 4. The second-order valence-electron chi connectivity index (χ2n) is 17.1. The summed E-state index contributed by atoms with van der Waals surface area (Å²) < 4.78 is 27.3. The normalized spacial score (nSPS) is 12.5. The van der Waals surface area contributed by atoms with Crippen LogP contribution in [0.3, 0.4) is 0 Å². The molecular formula is C52H50GeIrN4O-2. The van der Waals surface area contributed by atoms with E-state index in [0.717, 1.165) is 71.4 Å². The summed E-state index contributed by atoms with van der Waals surface area (Å²) in [6.07, 6.45) is 0.502. The van der Waals surface area contributed by atoms with Gasteiger partial charge in [0.25, 0.3) is 0 Å². The van der Waals surface area contributed by atoms with E-state index in [2.05, 4.69) is 118 Å². The molecule has 0 aliphatic heterocycles. The standard InChI is InChI=1S/C33H24N3O.C19H26GeN.Ir/c1-20-18-24(23-10-5-4-6-11-23)19-21(2)30(20)36-29-15-8-7-14-28(29)35-32(36)27-13-9-12-25-26-17-16-22(3)34-33(26)37-31(25)27;1-19(2,3)13-16-12-18(15-10-8-7-9-11-15)21-14-17(16)20(4,5)6;/h4-12,14-19H,1-3H3;7-10,12,14H,13H2,1-6H3;/q2*-1;/i;13D2;. The van der Waals surface area contributed by atoms with Gasteiger partial charge in [0.2, 0.25) is 5.71 Å². The minimum atomic E-state index is -2.24. The molecule has 299 valence electrons. The Morgan fingerprint density at radius 1 is 0.746 bits per heavy atom. The summed E-state index contributed by atoms with van der Waals surface area (Å²) in [7, 11) is 0. The third-order valence-corrected chi connectivity index (χ3v) is 14.5. The Kier molecular flexibility index (Phi) is 11.2. The van der Waals surface area contributed by atoms with Crippen molar-refractivity contribution >= 4 is 50.8 Å². The van der Waals surface area contributed by atoms with Crippen molar-refractivity contribution in [2.45, 2.75) is 65.2 Å². The first-order valence-electron chi connectivity index (χ1n) is 20.9. The number of nitrogens with zero attached hydrogens (tertiary/aromatic N) is 4. The summed E-state index contributed by atoms with van der Waals surface area (Å²) in [6.45, 7) is 12.2. The van der Waals surface area contributed by atoms with Gasteiger partial charge in [-0.05, 0) is 79.4 Å². The molecule has 0 atom stereocenters. The van der Waals surface area contributed by atoms with Crippen molar-refractivity contribution in [3.05, 3.63) is 162 Å². The van der Waals surface area contributed by atoms with Crippen LogP contribution in [-0.2, 0) is 26.5 Å². The van der Waals surface area contributed by atoms with Gasteiger partial charge in [0, 0.05) is 36.9 Å². The smallest absolute Gasteiger partial charge is 0 e. The number of pyridine rings is 2. The Labute approximate surface area is 367 Å². The molecule has 9 rings (SSSR count). The van der Waals surface area contributed by atoms with E-state index in [9.17, 15) is 0 Å². The van der Waals surface area contributed by atoms with Gasteiger partial charge >= 0.3 is 135 Å². The maximum absolute atomic E-state index is 8.76. The number of rotatable bonds is 6. The summed E-state index contributed by atoms with van der Waals surface area (Å²) >= 11 is -2.24. The summed E-state index contributed by atoms with van der Waals surface area (Å²) in [4.78, 5) is 14.4. The maximum atomic E-state index is 8.76. The van der Waals surface area contributed by atoms with Crippen molar-refractivity contribution in [2.75, 3.05) is 0 Å². The molecule has 5 aromatic carbocycles. The second kappa shape index (κ2) is 16.8. The third kappa shape index (κ3) is 8.77. The zero-order valence-electron chi connectivity index (χ0n) is 37.2. The number of fused-ring (bicyclic) bond motifs is 4. The van der Waals surface area contributed by atoms with Crippen LogP contribution in [-0.4, -0.2) is 32.8 Å². The molecule has 59 heavy (non-hydrogen) atoms. The number of aryl methyl sites for hydroxylation is 3. The molecule has 7 heteroatoms. The van der Waals surface area contributed by atoms with Gasteiger partial charge in [-0.25, -0.2) is 4.98 Å². The molecule has 0 aliphatic rings. The molecule has 0 unspecified atom stereocenters. The maximum Gasteiger partial charge on any atom is 0 e. The van der Waals surface area contributed by atoms with Crippen molar-refractivity contribution < 1.29 is 27.3 Å². The predicted octanol–water partition coefficient (Wildman–Crippen LogP) is 13.1. The van der Waals surface area contributed by atoms with Crippen LogP contribution in [0.25, 0.3) is 72.6 Å². The van der Waals surface area contributed by atoms with Gasteiger partial charge in [-0.1, -0.05) is 53.4 Å². The molecular weight excluding hydrogens is 961 g/mol. The molecule has 9 aromatic rings. The van der Waals surface area contributed by atoms with Crippen LogP contribution in [0.2, 0.25) is 17.3 Å². The molecule has 0 aliphatic carbocycles. The van der Waals surface area contributed by atoms with Crippen LogP contribution in [0, 0.1) is 38.3 Å². The largest absolute Gasteiger partial charge is 0 e. The van der Waals surface area contributed by atoms with Gasteiger partial charge in [0.15, 0.2) is 0 Å². The van der Waals surface area contributed by atoms with E-state index in [0.29, 0.717) is 5.71 Å². The zero-order chi connectivity index (χ0) is 42.6. The molecule has 1 radical (unpaired) electrons. The summed E-state index contributed by atoms with van der Waals surface area (Å²) in [5, 5.41) is 2.01. The molecule has 0 saturated carbocycles. The average Bonchev–Trinajstić information content (AvgIpc) is 3.78. The van der Waals surface area contributed by atoms with Crippen molar-refractivity contribution in [1.82, 2.24) is 19.5 Å². The van der Waals surface area contributed by atoms with Crippen LogP contribution in [0.15, 0.2) is 132 Å². The Morgan fingerprint density at radius 3 is 2.15 bits per heavy atom.